The Kier molecular flexibility index (Phi) is 13.8. The number of nitrogens with zero attached hydrogens (tertiary/aromatic N) is 1. The van der Waals surface area contributed by atoms with Gasteiger partial charge in [0.05, 0.1) is 10.7 Å². The molecule has 0 unspecified atom stereocenters. The molecule has 5 atom stereocenters. The number of thiazole rings is 1. The minimum atomic E-state index is -0.672. The van der Waals surface area contributed by atoms with Crippen LogP contribution >= 0.6 is 33.9 Å². The monoisotopic (exact) mass is 629 g/mol. The Bertz CT molecular complexity index is 945. The van der Waals surface area contributed by atoms with Crippen molar-refractivity contribution in [3.63, 3.8) is 0 Å². The summed E-state index contributed by atoms with van der Waals surface area (Å²) in [5.41, 5.74) is 1.14. The molecule has 0 spiro atoms. The smallest absolute Gasteiger partial charge is 0.306 e. The van der Waals surface area contributed by atoms with Gasteiger partial charge < -0.3 is 9.53 Å². The summed E-state index contributed by atoms with van der Waals surface area (Å²) in [6.07, 6.45) is 6.66. The normalized spacial score (nSPS) is 17.2. The number of aryl methyl sites for hydroxylation is 1. The third kappa shape index (κ3) is 10.2. The van der Waals surface area contributed by atoms with E-state index in [9.17, 15) is 14.4 Å². The lowest BCUT2D eigenvalue weighted by molar-refractivity contribution is -0.150. The summed E-state index contributed by atoms with van der Waals surface area (Å²) in [4.78, 5) is 41.8. The number of aldehydes is 1. The molecule has 0 N–H and O–H groups in total. The molecule has 0 aromatic carbocycles. The van der Waals surface area contributed by atoms with Gasteiger partial charge in [-0.1, -0.05) is 47.6 Å². The van der Waals surface area contributed by atoms with Gasteiger partial charge in [0.15, 0.2) is 0 Å². The highest BCUT2D eigenvalue weighted by Crippen LogP contribution is 2.37. The van der Waals surface area contributed by atoms with Crippen LogP contribution in [0.2, 0.25) is 0 Å². The van der Waals surface area contributed by atoms with Crippen molar-refractivity contribution in [1.29, 1.82) is 0 Å². The number of aromatic nitrogens is 1. The van der Waals surface area contributed by atoms with Crippen molar-refractivity contribution in [2.24, 2.45) is 29.1 Å². The molecular weight excluding hydrogens is 585 g/mol. The van der Waals surface area contributed by atoms with Crippen LogP contribution in [-0.2, 0) is 19.1 Å². The Morgan fingerprint density at radius 2 is 1.83 bits per heavy atom. The van der Waals surface area contributed by atoms with E-state index in [1.807, 2.05) is 59.9 Å². The number of hydrogen-bond donors (Lipinski definition) is 0. The number of Topliss-reactive ketones (excluding diaryl/α,β-unsaturated/α-hetero) is 1. The molecule has 1 heterocycles. The molecule has 0 aliphatic carbocycles. The first-order chi connectivity index (χ1) is 16.7. The predicted octanol–water partition coefficient (Wildman–Crippen LogP) is 8.00. The van der Waals surface area contributed by atoms with Crippen LogP contribution < -0.4 is 0 Å². The Morgan fingerprint density at radius 3 is 2.36 bits per heavy atom. The van der Waals surface area contributed by atoms with Crippen LogP contribution in [0.4, 0.5) is 0 Å². The summed E-state index contributed by atoms with van der Waals surface area (Å²) in [6, 6.07) is 0. The van der Waals surface area contributed by atoms with E-state index in [0.29, 0.717) is 12.8 Å². The van der Waals surface area contributed by atoms with Crippen LogP contribution in [0.25, 0.3) is 6.08 Å². The Labute approximate surface area is 235 Å². The number of rotatable bonds is 15. The molecule has 0 saturated carbocycles. The van der Waals surface area contributed by atoms with E-state index in [0.717, 1.165) is 32.6 Å². The maximum absolute atomic E-state index is 13.5. The lowest BCUT2D eigenvalue weighted by Crippen LogP contribution is -2.40. The number of carbonyl (C=O) groups is 3. The molecule has 0 aliphatic rings. The van der Waals surface area contributed by atoms with E-state index in [-0.39, 0.29) is 47.9 Å². The lowest BCUT2D eigenvalue weighted by Gasteiger charge is -2.36. The molecule has 5 nitrogen and oxygen atoms in total. The van der Waals surface area contributed by atoms with E-state index in [2.05, 4.69) is 47.5 Å². The molecule has 202 valence electrons. The van der Waals surface area contributed by atoms with Gasteiger partial charge >= 0.3 is 5.97 Å². The molecule has 0 amide bonds. The summed E-state index contributed by atoms with van der Waals surface area (Å²) >= 11 is 3.85. The van der Waals surface area contributed by atoms with Crippen molar-refractivity contribution in [3.05, 3.63) is 31.3 Å². The van der Waals surface area contributed by atoms with Crippen LogP contribution in [-0.4, -0.2) is 29.1 Å². The van der Waals surface area contributed by atoms with Crippen LogP contribution in [0.15, 0.2) is 20.6 Å². The molecule has 7 heteroatoms. The first-order valence-corrected chi connectivity index (χ1v) is 14.8. The first kappa shape index (κ1) is 32.7. The molecule has 0 fully saturated rings. The highest BCUT2D eigenvalue weighted by molar-refractivity contribution is 14.1. The van der Waals surface area contributed by atoms with Gasteiger partial charge in [0, 0.05) is 36.0 Å². The van der Waals surface area contributed by atoms with Crippen LogP contribution in [0.5, 0.6) is 0 Å². The second-order valence-electron chi connectivity index (χ2n) is 10.7. The zero-order valence-electron chi connectivity index (χ0n) is 23.4. The van der Waals surface area contributed by atoms with E-state index in [1.165, 1.54) is 0 Å². The van der Waals surface area contributed by atoms with Gasteiger partial charge in [-0.25, -0.2) is 4.98 Å². The molecule has 36 heavy (non-hydrogen) atoms. The zero-order chi connectivity index (χ0) is 27.6. The summed E-state index contributed by atoms with van der Waals surface area (Å²) in [5, 5.41) is 2.99. The fourth-order valence-electron chi connectivity index (χ4n) is 4.24. The van der Waals surface area contributed by atoms with E-state index in [1.54, 1.807) is 11.3 Å². The first-order valence-electron chi connectivity index (χ1n) is 12.8. The minimum Gasteiger partial charge on any atom is -0.457 e. The second-order valence-corrected chi connectivity index (χ2v) is 13.5. The van der Waals surface area contributed by atoms with Crippen molar-refractivity contribution in [2.45, 2.75) is 94.1 Å². The molecular formula is C29H44INO4S. The average Bonchev–Trinajstić information content (AvgIpc) is 3.22. The summed E-state index contributed by atoms with van der Waals surface area (Å²) < 4.78 is 7.09. The number of halogens is 1. The number of ether oxygens (including phenoxy) is 1. The van der Waals surface area contributed by atoms with Crippen molar-refractivity contribution in [2.75, 3.05) is 0 Å². The van der Waals surface area contributed by atoms with Crippen molar-refractivity contribution in [1.82, 2.24) is 4.98 Å². The zero-order valence-corrected chi connectivity index (χ0v) is 26.4. The number of carbonyl (C=O) groups excluding carboxylic acids is 3. The lowest BCUT2D eigenvalue weighted by atomic mass is 9.67. The van der Waals surface area contributed by atoms with Crippen LogP contribution in [0, 0.1) is 36.0 Å². The Hall–Kier alpha value is -1.35. The largest absolute Gasteiger partial charge is 0.457 e. The summed E-state index contributed by atoms with van der Waals surface area (Å²) in [6.45, 7) is 17.9. The maximum Gasteiger partial charge on any atom is 0.306 e. The average molecular weight is 630 g/mol. The highest BCUT2D eigenvalue weighted by Gasteiger charge is 2.40. The standard InChI is InChI=1S/C29H44INO4S/c1-18(11-10-14-32)22(5)23(6)28(34)29(8,9)20(3)16-27(33)35-26(13-12-21(4)30)19(2)15-25-17-36-24(7)31-25/h12,14-15,17-18,20,22-23,26H,10-11,13,16H2,1-9H3/b19-15+,21-12-/t18-,20-,22-,23+,26-/m0/s1. The van der Waals surface area contributed by atoms with E-state index in [4.69, 9.17) is 4.74 Å². The second kappa shape index (κ2) is 15.2. The summed E-state index contributed by atoms with van der Waals surface area (Å²) in [5.74, 6) is -0.0393. The highest BCUT2D eigenvalue weighted by atomic mass is 127. The van der Waals surface area contributed by atoms with Gasteiger partial charge in [-0.15, -0.1) is 11.3 Å². The van der Waals surface area contributed by atoms with Gasteiger partial charge in [0.25, 0.3) is 0 Å². The van der Waals surface area contributed by atoms with Crippen molar-refractivity contribution in [3.8, 4) is 0 Å². The molecule has 0 bridgehead atoms. The molecule has 1 aromatic heterocycles. The number of allylic oxidation sites excluding steroid dienone is 1. The maximum atomic E-state index is 13.5. The quantitative estimate of drug-likeness (QED) is 0.112. The fourth-order valence-corrected chi connectivity index (χ4v) is 5.06. The predicted molar refractivity (Wildman–Crippen MR) is 158 cm³/mol. The molecule has 0 aliphatic heterocycles. The summed E-state index contributed by atoms with van der Waals surface area (Å²) in [7, 11) is 0. The fraction of sp³-hybridized carbons (Fsp3) is 0.655. The van der Waals surface area contributed by atoms with Gasteiger partial charge in [0.2, 0.25) is 0 Å². The van der Waals surface area contributed by atoms with Gasteiger partial charge in [-0.3, -0.25) is 9.59 Å². The van der Waals surface area contributed by atoms with Crippen molar-refractivity contribution < 1.29 is 19.1 Å². The van der Waals surface area contributed by atoms with E-state index < -0.39 is 5.41 Å². The van der Waals surface area contributed by atoms with Crippen LogP contribution in [0.3, 0.4) is 0 Å². The van der Waals surface area contributed by atoms with Crippen molar-refractivity contribution >= 4 is 58.0 Å². The van der Waals surface area contributed by atoms with E-state index >= 15 is 0 Å². The minimum absolute atomic E-state index is 0.156. The van der Waals surface area contributed by atoms with Crippen LogP contribution in [0.1, 0.15) is 91.8 Å². The number of hydrogen-bond acceptors (Lipinski definition) is 6. The Morgan fingerprint density at radius 1 is 1.19 bits per heavy atom. The SMILES string of the molecule is C/C(I)=C/C[C@H](OC(=O)C[C@H](C)C(C)(C)C(=O)[C@H](C)[C@@H](C)[C@@H](C)CCC=O)/C(C)=C/c1csc(C)n1. The molecule has 1 rings (SSSR count). The van der Waals surface area contributed by atoms with Gasteiger partial charge in [-0.2, -0.15) is 0 Å². The molecule has 1 aromatic rings. The molecule has 0 saturated heterocycles. The van der Waals surface area contributed by atoms with Gasteiger partial charge in [0.1, 0.15) is 18.2 Å². The topological polar surface area (TPSA) is 73.3 Å². The Balaban J connectivity index is 2.93. The third-order valence-electron chi connectivity index (χ3n) is 7.59. The van der Waals surface area contributed by atoms with Gasteiger partial charge in [-0.05, 0) is 82.8 Å². The molecule has 0 radical (unpaired) electrons. The number of ketones is 1. The third-order valence-corrected chi connectivity index (χ3v) is 8.82. The number of esters is 1.